The molecule has 2 N–H and O–H groups in total. The minimum absolute atomic E-state index is 0.0343. The third-order valence-corrected chi connectivity index (χ3v) is 2.51. The fourth-order valence-electron chi connectivity index (χ4n) is 1.62. The predicted molar refractivity (Wildman–Crippen MR) is 65.8 cm³/mol. The highest BCUT2D eigenvalue weighted by Gasteiger charge is 2.14. The summed E-state index contributed by atoms with van der Waals surface area (Å²) in [4.78, 5) is 38.1. The summed E-state index contributed by atoms with van der Waals surface area (Å²) in [6.07, 6.45) is 1.12. The Balaban J connectivity index is 2.98. The molecule has 19 heavy (non-hydrogen) atoms. The van der Waals surface area contributed by atoms with Crippen LogP contribution in [0.3, 0.4) is 0 Å². The van der Waals surface area contributed by atoms with Gasteiger partial charge in [0, 0.05) is 36.2 Å². The Hall–Kier alpha value is -2.54. The van der Waals surface area contributed by atoms with Crippen molar-refractivity contribution in [3.8, 4) is 0 Å². The molecule has 1 aromatic heterocycles. The maximum Gasteiger partial charge on any atom is 0.328 e. The normalized spacial score (nSPS) is 11.6. The predicted octanol–water partition coefficient (Wildman–Crippen LogP) is 0.246. The van der Waals surface area contributed by atoms with E-state index in [1.807, 2.05) is 0 Å². The van der Waals surface area contributed by atoms with Crippen molar-refractivity contribution in [1.29, 1.82) is 0 Å². The molecule has 0 bridgehead atoms. The van der Waals surface area contributed by atoms with E-state index in [1.165, 1.54) is 17.7 Å². The van der Waals surface area contributed by atoms with Gasteiger partial charge in [-0.25, -0.2) is 4.79 Å². The van der Waals surface area contributed by atoms with Crippen molar-refractivity contribution in [3.05, 3.63) is 43.0 Å². The number of carbonyl (C=O) groups is 1. The van der Waals surface area contributed by atoms with Gasteiger partial charge in [-0.15, -0.1) is 0 Å². The first-order valence-electron chi connectivity index (χ1n) is 5.47. The number of nitrogens with zero attached hydrogens (tertiary/aromatic N) is 4. The number of hydrogen-bond donors (Lipinski definition) is 2. The molecular weight excluding hydrogens is 254 g/mol. The number of H-pyrrole nitrogens is 1. The Morgan fingerprint density at radius 3 is 2.89 bits per heavy atom. The summed E-state index contributed by atoms with van der Waals surface area (Å²) in [6.45, 7) is 1.56. The average Bonchev–Trinajstić information content (AvgIpc) is 2.32. The van der Waals surface area contributed by atoms with Crippen LogP contribution in [0.5, 0.6) is 0 Å². The van der Waals surface area contributed by atoms with Gasteiger partial charge in [-0.05, 0) is 18.4 Å². The van der Waals surface area contributed by atoms with Crippen LogP contribution in [-0.2, 0) is 11.3 Å². The number of azide groups is 1. The standard InChI is InChI=1S/C10H13N5O4/c1-6-4-15(10(19)13-9(6)18)5-7(2-8(16)17)3-12-14-11/h4,7H,2-3,5H2,1H3,(H,16,17)(H,13,18,19)/t7-/m1/s1. The first-order valence-corrected chi connectivity index (χ1v) is 5.47. The lowest BCUT2D eigenvalue weighted by Crippen LogP contribution is -2.33. The zero-order valence-corrected chi connectivity index (χ0v) is 10.2. The highest BCUT2D eigenvalue weighted by Crippen LogP contribution is 2.07. The van der Waals surface area contributed by atoms with Crippen LogP contribution in [0.4, 0.5) is 0 Å². The first-order chi connectivity index (χ1) is 8.93. The van der Waals surface area contributed by atoms with Crippen molar-refractivity contribution in [2.45, 2.75) is 19.9 Å². The fourth-order valence-corrected chi connectivity index (χ4v) is 1.62. The Labute approximate surface area is 107 Å². The molecule has 0 spiro atoms. The van der Waals surface area contributed by atoms with Crippen molar-refractivity contribution < 1.29 is 9.90 Å². The number of carboxylic acid groups (broad SMARTS) is 1. The second kappa shape index (κ2) is 6.41. The summed E-state index contributed by atoms with van der Waals surface area (Å²) in [5.74, 6) is -1.57. The molecule has 0 fully saturated rings. The van der Waals surface area contributed by atoms with Crippen molar-refractivity contribution in [1.82, 2.24) is 9.55 Å². The van der Waals surface area contributed by atoms with Crippen LogP contribution in [0.2, 0.25) is 0 Å². The average molecular weight is 267 g/mol. The van der Waals surface area contributed by atoms with E-state index in [4.69, 9.17) is 10.6 Å². The molecule has 0 aliphatic carbocycles. The van der Waals surface area contributed by atoms with E-state index in [-0.39, 0.29) is 19.5 Å². The van der Waals surface area contributed by atoms with Gasteiger partial charge in [-0.3, -0.25) is 14.6 Å². The van der Waals surface area contributed by atoms with Crippen LogP contribution in [0.25, 0.3) is 10.4 Å². The Bertz CT molecular complexity index is 622. The van der Waals surface area contributed by atoms with Crippen LogP contribution in [0, 0.1) is 12.8 Å². The summed E-state index contributed by atoms with van der Waals surface area (Å²) in [5.41, 5.74) is 7.49. The van der Waals surface area contributed by atoms with Crippen LogP contribution in [0.1, 0.15) is 12.0 Å². The van der Waals surface area contributed by atoms with Crippen molar-refractivity contribution in [3.63, 3.8) is 0 Å². The molecule has 1 rings (SSSR count). The molecule has 0 aliphatic heterocycles. The van der Waals surface area contributed by atoms with E-state index in [0.29, 0.717) is 5.56 Å². The summed E-state index contributed by atoms with van der Waals surface area (Å²) < 4.78 is 1.21. The maximum atomic E-state index is 11.5. The molecule has 1 atom stereocenters. The minimum atomic E-state index is -1.05. The smallest absolute Gasteiger partial charge is 0.328 e. The second-order valence-electron chi connectivity index (χ2n) is 4.10. The highest BCUT2D eigenvalue weighted by atomic mass is 16.4. The Morgan fingerprint density at radius 2 is 2.32 bits per heavy atom. The lowest BCUT2D eigenvalue weighted by Gasteiger charge is -2.13. The van der Waals surface area contributed by atoms with Crippen LogP contribution in [0.15, 0.2) is 20.9 Å². The Kier molecular flexibility index (Phi) is 4.90. The SMILES string of the molecule is Cc1cn(C[C@@H](CN=[N+]=[N-])CC(=O)O)c(=O)[nH]c1=O. The molecule has 0 unspecified atom stereocenters. The van der Waals surface area contributed by atoms with Crippen LogP contribution < -0.4 is 11.2 Å². The third-order valence-electron chi connectivity index (χ3n) is 2.51. The number of hydrogen-bond acceptors (Lipinski definition) is 4. The Morgan fingerprint density at radius 1 is 1.63 bits per heavy atom. The number of aromatic nitrogens is 2. The van der Waals surface area contributed by atoms with Crippen molar-refractivity contribution >= 4 is 5.97 Å². The number of nitrogens with one attached hydrogen (secondary N) is 1. The fraction of sp³-hybridized carbons (Fsp3) is 0.500. The number of carboxylic acids is 1. The van der Waals surface area contributed by atoms with Gasteiger partial charge in [0.05, 0.1) is 0 Å². The molecule has 1 heterocycles. The molecule has 0 aliphatic rings. The van der Waals surface area contributed by atoms with Gasteiger partial charge in [0.15, 0.2) is 0 Å². The van der Waals surface area contributed by atoms with Crippen molar-refractivity contribution in [2.75, 3.05) is 6.54 Å². The van der Waals surface area contributed by atoms with E-state index < -0.39 is 23.1 Å². The molecule has 9 heteroatoms. The van der Waals surface area contributed by atoms with Crippen molar-refractivity contribution in [2.24, 2.45) is 11.0 Å². The molecule has 0 amide bonds. The number of aliphatic carboxylic acids is 1. The number of aromatic amines is 1. The molecule has 0 radical (unpaired) electrons. The zero-order chi connectivity index (χ0) is 14.4. The molecular formula is C10H13N5O4. The first kappa shape index (κ1) is 14.5. The van der Waals surface area contributed by atoms with Gasteiger partial charge in [-0.2, -0.15) is 0 Å². The topological polar surface area (TPSA) is 141 Å². The molecule has 0 aromatic carbocycles. The molecule has 9 nitrogen and oxygen atoms in total. The largest absolute Gasteiger partial charge is 0.481 e. The van der Waals surface area contributed by atoms with Crippen LogP contribution >= 0.6 is 0 Å². The van der Waals surface area contributed by atoms with Gasteiger partial charge < -0.3 is 9.67 Å². The van der Waals surface area contributed by atoms with Gasteiger partial charge in [-0.1, -0.05) is 5.11 Å². The van der Waals surface area contributed by atoms with E-state index in [2.05, 4.69) is 15.0 Å². The molecule has 1 aromatic rings. The summed E-state index contributed by atoms with van der Waals surface area (Å²) in [6, 6.07) is 0. The van der Waals surface area contributed by atoms with Gasteiger partial charge in [0.25, 0.3) is 5.56 Å². The van der Waals surface area contributed by atoms with E-state index >= 15 is 0 Å². The number of aryl methyl sites for hydroxylation is 1. The number of rotatable bonds is 6. The molecule has 0 saturated heterocycles. The molecule has 102 valence electrons. The lowest BCUT2D eigenvalue weighted by molar-refractivity contribution is -0.138. The zero-order valence-electron chi connectivity index (χ0n) is 10.2. The van der Waals surface area contributed by atoms with Crippen LogP contribution in [-0.4, -0.2) is 27.2 Å². The van der Waals surface area contributed by atoms with E-state index in [9.17, 15) is 14.4 Å². The van der Waals surface area contributed by atoms with Gasteiger partial charge in [0.1, 0.15) is 0 Å². The summed E-state index contributed by atoms with van der Waals surface area (Å²) in [7, 11) is 0. The quantitative estimate of drug-likeness (QED) is 0.432. The van der Waals surface area contributed by atoms with E-state index in [0.717, 1.165) is 0 Å². The van der Waals surface area contributed by atoms with Gasteiger partial charge >= 0.3 is 11.7 Å². The highest BCUT2D eigenvalue weighted by molar-refractivity contribution is 5.67. The van der Waals surface area contributed by atoms with E-state index in [1.54, 1.807) is 0 Å². The van der Waals surface area contributed by atoms with Gasteiger partial charge in [0.2, 0.25) is 0 Å². The summed E-state index contributed by atoms with van der Waals surface area (Å²) >= 11 is 0. The summed E-state index contributed by atoms with van der Waals surface area (Å²) in [5, 5.41) is 12.1. The monoisotopic (exact) mass is 267 g/mol. The lowest BCUT2D eigenvalue weighted by atomic mass is 10.1. The maximum absolute atomic E-state index is 11.5. The second-order valence-corrected chi connectivity index (χ2v) is 4.10. The molecule has 0 saturated carbocycles. The third kappa shape index (κ3) is 4.32. The minimum Gasteiger partial charge on any atom is -0.481 e.